The number of carbonyl (C=O) groups excluding carboxylic acids is 1. The molecule has 6 nitrogen and oxygen atoms in total. The van der Waals surface area contributed by atoms with Crippen LogP contribution in [0.15, 0.2) is 48.5 Å². The average molecular weight is 362 g/mol. The van der Waals surface area contributed by atoms with Gasteiger partial charge in [0.2, 0.25) is 5.78 Å². The van der Waals surface area contributed by atoms with Crippen molar-refractivity contribution in [1.82, 2.24) is 0 Å². The van der Waals surface area contributed by atoms with E-state index in [4.69, 9.17) is 18.7 Å². The Morgan fingerprint density at radius 2 is 1.60 bits per heavy atom. The molecule has 1 atom stereocenters. The van der Waals surface area contributed by atoms with Crippen molar-refractivity contribution >= 4 is 14.5 Å². The Balaban J connectivity index is 2.37. The molecule has 7 heteroatoms. The third kappa shape index (κ3) is 4.86. The third-order valence-corrected chi connectivity index (χ3v) is 3.81. The average Bonchev–Trinajstić information content (AvgIpc) is 2.67. The Morgan fingerprint density at radius 3 is 2.16 bits per heavy atom. The molecule has 0 bridgehead atoms. The van der Waals surface area contributed by atoms with E-state index in [0.29, 0.717) is 22.6 Å². The van der Waals surface area contributed by atoms with Crippen LogP contribution in [0, 0.1) is 0 Å². The summed E-state index contributed by atoms with van der Waals surface area (Å²) in [4.78, 5) is 13.2. The Hall–Kier alpha value is -2.27. The molecule has 0 aliphatic heterocycles. The van der Waals surface area contributed by atoms with Gasteiger partial charge in [0.05, 0.1) is 27.4 Å². The maximum absolute atomic E-state index is 13.2. The lowest BCUT2D eigenvalue weighted by Crippen LogP contribution is -2.19. The minimum Gasteiger partial charge on any atom is -0.496 e. The van der Waals surface area contributed by atoms with Crippen molar-refractivity contribution in [3.05, 3.63) is 59.7 Å². The molecule has 1 unspecified atom stereocenters. The monoisotopic (exact) mass is 362 g/mol. The third-order valence-electron chi connectivity index (χ3n) is 3.53. The van der Waals surface area contributed by atoms with Crippen LogP contribution in [0.5, 0.6) is 11.5 Å². The second kappa shape index (κ2) is 9.89. The summed E-state index contributed by atoms with van der Waals surface area (Å²) >= 11 is 0. The van der Waals surface area contributed by atoms with E-state index >= 15 is 0 Å². The van der Waals surface area contributed by atoms with Crippen LogP contribution in [0.2, 0.25) is 0 Å². The van der Waals surface area contributed by atoms with E-state index < -0.39 is 14.8 Å². The molecule has 2 rings (SSSR count). The van der Waals surface area contributed by atoms with Gasteiger partial charge in [-0.3, -0.25) is 9.32 Å². The number of methoxy groups -OCH3 is 2. The standard InChI is InChI=1S/C18H19O6P/c1-21-14-9-6-10-15(22-2)16(14)17(19)18(23-11-12-24-25-20)13-7-4-3-5-8-13/h3-10,18H,11-12H2,1-2H3. The molecule has 0 amide bonds. The van der Waals surface area contributed by atoms with E-state index in [1.807, 2.05) is 18.2 Å². The number of ketones is 1. The van der Waals surface area contributed by atoms with Crippen molar-refractivity contribution in [3.63, 3.8) is 0 Å². The first kappa shape index (κ1) is 19.1. The molecule has 0 spiro atoms. The Bertz CT molecular complexity index is 682. The number of ether oxygens (including phenoxy) is 3. The molecule has 0 heterocycles. The fourth-order valence-corrected chi connectivity index (χ4v) is 2.57. The van der Waals surface area contributed by atoms with E-state index in [9.17, 15) is 9.36 Å². The Kier molecular flexibility index (Phi) is 7.54. The second-order valence-corrected chi connectivity index (χ2v) is 5.38. The van der Waals surface area contributed by atoms with Crippen molar-refractivity contribution in [2.24, 2.45) is 0 Å². The molecule has 25 heavy (non-hydrogen) atoms. The predicted octanol–water partition coefficient (Wildman–Crippen LogP) is 3.87. The summed E-state index contributed by atoms with van der Waals surface area (Å²) in [7, 11) is 2.56. The largest absolute Gasteiger partial charge is 0.496 e. The summed E-state index contributed by atoms with van der Waals surface area (Å²) in [5.74, 6) is 0.520. The maximum Gasteiger partial charge on any atom is 0.327 e. The normalized spacial score (nSPS) is 11.9. The molecule has 0 N–H and O–H groups in total. The lowest BCUT2D eigenvalue weighted by atomic mass is 9.98. The van der Waals surface area contributed by atoms with Crippen molar-refractivity contribution in [3.8, 4) is 11.5 Å². The topological polar surface area (TPSA) is 71.1 Å². The number of Topliss-reactive ketones (excluding diaryl/α,β-unsaturated/α-hetero) is 1. The Morgan fingerprint density at radius 1 is 0.960 bits per heavy atom. The zero-order valence-corrected chi connectivity index (χ0v) is 14.9. The maximum atomic E-state index is 13.2. The Labute approximate surface area is 148 Å². The minimum atomic E-state index is -0.863. The van der Waals surface area contributed by atoms with Crippen LogP contribution in [-0.2, 0) is 13.8 Å². The summed E-state index contributed by atoms with van der Waals surface area (Å²) in [6, 6.07) is 14.2. The van der Waals surface area contributed by atoms with Crippen molar-refractivity contribution < 1.29 is 28.1 Å². The van der Waals surface area contributed by atoms with E-state index in [0.717, 1.165) is 0 Å². The van der Waals surface area contributed by atoms with Gasteiger partial charge in [-0.1, -0.05) is 36.4 Å². The fraction of sp³-hybridized carbons (Fsp3) is 0.278. The minimum absolute atomic E-state index is 0.102. The van der Waals surface area contributed by atoms with Crippen LogP contribution >= 0.6 is 8.69 Å². The van der Waals surface area contributed by atoms with Gasteiger partial charge in [0.1, 0.15) is 23.2 Å². The molecule has 132 valence electrons. The first-order chi connectivity index (χ1) is 12.2. The van der Waals surface area contributed by atoms with Gasteiger partial charge in [-0.25, -0.2) is 4.57 Å². The molecule has 0 saturated heterocycles. The first-order valence-electron chi connectivity index (χ1n) is 7.59. The zero-order chi connectivity index (χ0) is 18.1. The summed E-state index contributed by atoms with van der Waals surface area (Å²) < 4.78 is 31.4. The molecule has 0 aliphatic rings. The number of rotatable bonds is 10. The molecular formula is C18H19O6P. The second-order valence-electron chi connectivity index (χ2n) is 4.97. The lowest BCUT2D eigenvalue weighted by molar-refractivity contribution is 0.0306. The molecular weight excluding hydrogens is 343 g/mol. The van der Waals surface area contributed by atoms with Crippen molar-refractivity contribution in [2.75, 3.05) is 27.4 Å². The molecule has 2 aromatic rings. The molecule has 0 saturated carbocycles. The quantitative estimate of drug-likeness (QED) is 0.363. The number of hydrogen-bond acceptors (Lipinski definition) is 6. The van der Waals surface area contributed by atoms with Gasteiger partial charge in [0, 0.05) is 0 Å². The first-order valence-corrected chi connectivity index (χ1v) is 8.32. The van der Waals surface area contributed by atoms with Gasteiger partial charge < -0.3 is 14.2 Å². The number of benzene rings is 2. The number of carbonyl (C=O) groups is 1. The van der Waals surface area contributed by atoms with Gasteiger partial charge >= 0.3 is 8.69 Å². The molecule has 0 fully saturated rings. The fourth-order valence-electron chi connectivity index (χ4n) is 2.42. The van der Waals surface area contributed by atoms with Gasteiger partial charge in [-0.15, -0.1) is 0 Å². The highest BCUT2D eigenvalue weighted by Gasteiger charge is 2.28. The summed E-state index contributed by atoms with van der Waals surface area (Å²) in [5.41, 5.74) is 1.00. The van der Waals surface area contributed by atoms with Crippen LogP contribution in [-0.4, -0.2) is 33.2 Å². The van der Waals surface area contributed by atoms with Crippen LogP contribution in [0.25, 0.3) is 0 Å². The summed E-state index contributed by atoms with van der Waals surface area (Å²) in [6.45, 7) is 0.211. The number of hydrogen-bond donors (Lipinski definition) is 0. The van der Waals surface area contributed by atoms with E-state index in [-0.39, 0.29) is 19.0 Å². The summed E-state index contributed by atoms with van der Waals surface area (Å²) in [6.07, 6.45) is -0.863. The van der Waals surface area contributed by atoms with Gasteiger partial charge in [-0.2, -0.15) is 0 Å². The van der Waals surface area contributed by atoms with Crippen LogP contribution in [0.3, 0.4) is 0 Å². The van der Waals surface area contributed by atoms with Crippen molar-refractivity contribution in [1.29, 1.82) is 0 Å². The van der Waals surface area contributed by atoms with Crippen molar-refractivity contribution in [2.45, 2.75) is 6.10 Å². The molecule has 2 aromatic carbocycles. The van der Waals surface area contributed by atoms with E-state index in [1.165, 1.54) is 14.2 Å². The zero-order valence-electron chi connectivity index (χ0n) is 14.0. The molecule has 0 radical (unpaired) electrons. The SMILES string of the molecule is COc1cccc(OC)c1C(=O)C(OCCOP=O)c1ccccc1. The van der Waals surface area contributed by atoms with Crippen LogP contribution in [0.1, 0.15) is 22.0 Å². The summed E-state index contributed by atoms with van der Waals surface area (Å²) in [5, 5.41) is 0. The highest BCUT2D eigenvalue weighted by Crippen LogP contribution is 2.34. The van der Waals surface area contributed by atoms with Gasteiger partial charge in [-0.05, 0) is 17.7 Å². The van der Waals surface area contributed by atoms with E-state index in [1.54, 1.807) is 30.3 Å². The van der Waals surface area contributed by atoms with E-state index in [2.05, 4.69) is 0 Å². The highest BCUT2D eigenvalue weighted by molar-refractivity contribution is 7.17. The predicted molar refractivity (Wildman–Crippen MR) is 92.6 cm³/mol. The van der Waals surface area contributed by atoms with Gasteiger partial charge in [0.25, 0.3) is 0 Å². The molecule has 0 aliphatic carbocycles. The van der Waals surface area contributed by atoms with Crippen LogP contribution in [0.4, 0.5) is 0 Å². The van der Waals surface area contributed by atoms with Gasteiger partial charge in [0.15, 0.2) is 0 Å². The highest BCUT2D eigenvalue weighted by atomic mass is 31.1. The molecule has 0 aromatic heterocycles. The van der Waals surface area contributed by atoms with Crippen LogP contribution < -0.4 is 9.47 Å². The smallest absolute Gasteiger partial charge is 0.327 e. The lowest BCUT2D eigenvalue weighted by Gasteiger charge is -2.20.